The lowest BCUT2D eigenvalue weighted by molar-refractivity contribution is 0.334. The summed E-state index contributed by atoms with van der Waals surface area (Å²) in [5.74, 6) is 0.907. The van der Waals surface area contributed by atoms with Gasteiger partial charge >= 0.3 is 0 Å². The predicted molar refractivity (Wildman–Crippen MR) is 80.5 cm³/mol. The third-order valence-electron chi connectivity index (χ3n) is 2.88. The van der Waals surface area contributed by atoms with Gasteiger partial charge in [-0.3, -0.25) is 4.98 Å². The summed E-state index contributed by atoms with van der Waals surface area (Å²) in [6.45, 7) is 2.65. The Balaban J connectivity index is 2.42. The van der Waals surface area contributed by atoms with Crippen molar-refractivity contribution in [1.29, 1.82) is 0 Å². The number of aromatic nitrogens is 1. The van der Waals surface area contributed by atoms with E-state index in [9.17, 15) is 0 Å². The predicted octanol–water partition coefficient (Wildman–Crippen LogP) is 3.55. The lowest BCUT2D eigenvalue weighted by Crippen LogP contribution is -2.18. The Morgan fingerprint density at radius 2 is 2.11 bits per heavy atom. The van der Waals surface area contributed by atoms with E-state index in [4.69, 9.17) is 4.74 Å². The van der Waals surface area contributed by atoms with Gasteiger partial charge in [0.2, 0.25) is 0 Å². The molecular weight excluding hydrogens is 304 g/mol. The first-order valence-electron chi connectivity index (χ1n) is 6.25. The van der Waals surface area contributed by atoms with Gasteiger partial charge < -0.3 is 10.1 Å². The van der Waals surface area contributed by atoms with Crippen LogP contribution in [-0.4, -0.2) is 18.6 Å². The van der Waals surface area contributed by atoms with Gasteiger partial charge in [0.15, 0.2) is 0 Å². The highest BCUT2D eigenvalue weighted by molar-refractivity contribution is 9.10. The Hall–Kier alpha value is -1.39. The maximum Gasteiger partial charge on any atom is 0.124 e. The summed E-state index contributed by atoms with van der Waals surface area (Å²) < 4.78 is 6.67. The van der Waals surface area contributed by atoms with Crippen molar-refractivity contribution in [2.45, 2.75) is 13.0 Å². The van der Waals surface area contributed by atoms with Crippen LogP contribution in [0.3, 0.4) is 0 Å². The molecule has 4 heteroatoms. The van der Waals surface area contributed by atoms with Crippen LogP contribution in [0.5, 0.6) is 5.75 Å². The largest absolute Gasteiger partial charge is 0.494 e. The molecule has 0 spiro atoms. The minimum absolute atomic E-state index is 0.0627. The zero-order chi connectivity index (χ0) is 13.7. The lowest BCUT2D eigenvalue weighted by atomic mass is 9.99. The van der Waals surface area contributed by atoms with Crippen LogP contribution in [0, 0.1) is 0 Å². The van der Waals surface area contributed by atoms with Crippen LogP contribution in [0.25, 0.3) is 0 Å². The fourth-order valence-corrected chi connectivity index (χ4v) is 2.48. The molecule has 0 amide bonds. The third kappa shape index (κ3) is 3.33. The van der Waals surface area contributed by atoms with Gasteiger partial charge in [-0.15, -0.1) is 0 Å². The van der Waals surface area contributed by atoms with Gasteiger partial charge in [-0.05, 0) is 47.6 Å². The molecule has 2 aromatic rings. The molecule has 0 radical (unpaired) electrons. The Bertz CT molecular complexity index is 545. The summed E-state index contributed by atoms with van der Waals surface area (Å²) in [6, 6.07) is 10.2. The van der Waals surface area contributed by atoms with Crippen LogP contribution in [-0.2, 0) is 0 Å². The van der Waals surface area contributed by atoms with Crippen LogP contribution < -0.4 is 10.1 Å². The number of halogens is 1. The number of benzene rings is 1. The topological polar surface area (TPSA) is 34.1 Å². The van der Waals surface area contributed by atoms with Gasteiger partial charge in [0.05, 0.1) is 12.6 Å². The molecule has 1 heterocycles. The van der Waals surface area contributed by atoms with Crippen molar-refractivity contribution < 1.29 is 4.74 Å². The maximum absolute atomic E-state index is 5.70. The molecule has 100 valence electrons. The molecule has 0 bridgehead atoms. The van der Waals surface area contributed by atoms with Crippen molar-refractivity contribution in [3.05, 3.63) is 58.3 Å². The van der Waals surface area contributed by atoms with Crippen molar-refractivity contribution in [3.63, 3.8) is 0 Å². The van der Waals surface area contributed by atoms with Crippen LogP contribution >= 0.6 is 15.9 Å². The second-order valence-electron chi connectivity index (χ2n) is 4.13. The second-order valence-corrected chi connectivity index (χ2v) is 5.04. The van der Waals surface area contributed by atoms with E-state index in [0.717, 1.165) is 21.3 Å². The smallest absolute Gasteiger partial charge is 0.124 e. The Kier molecular flexibility index (Phi) is 4.93. The number of nitrogens with one attached hydrogen (secondary N) is 1. The molecule has 1 aromatic heterocycles. The molecule has 0 saturated heterocycles. The van der Waals surface area contributed by atoms with Gasteiger partial charge in [0, 0.05) is 22.4 Å². The minimum atomic E-state index is 0.0627. The first-order chi connectivity index (χ1) is 9.26. The van der Waals surface area contributed by atoms with Crippen LogP contribution in [0.15, 0.2) is 47.2 Å². The molecule has 0 aliphatic heterocycles. The van der Waals surface area contributed by atoms with E-state index >= 15 is 0 Å². The molecule has 0 aliphatic carbocycles. The van der Waals surface area contributed by atoms with Crippen molar-refractivity contribution in [1.82, 2.24) is 10.3 Å². The number of ether oxygens (including phenoxy) is 1. The number of nitrogens with zero attached hydrogens (tertiary/aromatic N) is 1. The summed E-state index contributed by atoms with van der Waals surface area (Å²) in [6.07, 6.45) is 3.65. The fourth-order valence-electron chi connectivity index (χ4n) is 2.09. The average molecular weight is 321 g/mol. The molecule has 0 saturated carbocycles. The highest BCUT2D eigenvalue weighted by atomic mass is 79.9. The molecule has 1 atom stereocenters. The van der Waals surface area contributed by atoms with Gasteiger partial charge in [0.25, 0.3) is 0 Å². The van der Waals surface area contributed by atoms with Crippen molar-refractivity contribution in [2.75, 3.05) is 13.7 Å². The standard InChI is InChI=1S/C15H17BrN2O/c1-3-19-14-7-5-4-6-13(14)15(17-2)11-8-12(16)10-18-9-11/h4-10,15,17H,3H2,1-2H3. The number of hydrogen-bond donors (Lipinski definition) is 1. The van der Waals surface area contributed by atoms with Crippen molar-refractivity contribution in [2.24, 2.45) is 0 Å². The molecule has 1 unspecified atom stereocenters. The average Bonchev–Trinajstić information content (AvgIpc) is 2.42. The van der Waals surface area contributed by atoms with E-state index in [1.165, 1.54) is 0 Å². The highest BCUT2D eigenvalue weighted by Crippen LogP contribution is 2.30. The molecular formula is C15H17BrN2O. The SMILES string of the molecule is CCOc1ccccc1C(NC)c1cncc(Br)c1. The molecule has 1 aromatic carbocycles. The van der Waals surface area contributed by atoms with Gasteiger partial charge in [0.1, 0.15) is 5.75 Å². The van der Waals surface area contributed by atoms with E-state index < -0.39 is 0 Å². The Morgan fingerprint density at radius 1 is 1.32 bits per heavy atom. The van der Waals surface area contributed by atoms with Gasteiger partial charge in [-0.25, -0.2) is 0 Å². The van der Waals surface area contributed by atoms with Crippen molar-refractivity contribution >= 4 is 15.9 Å². The Morgan fingerprint density at radius 3 is 2.79 bits per heavy atom. The van der Waals surface area contributed by atoms with E-state index in [1.54, 1.807) is 6.20 Å². The summed E-state index contributed by atoms with van der Waals surface area (Å²) in [4.78, 5) is 4.23. The summed E-state index contributed by atoms with van der Waals surface area (Å²) >= 11 is 3.46. The van der Waals surface area contributed by atoms with Gasteiger partial charge in [-0.1, -0.05) is 18.2 Å². The molecule has 1 N–H and O–H groups in total. The first-order valence-corrected chi connectivity index (χ1v) is 7.05. The number of pyridine rings is 1. The third-order valence-corrected chi connectivity index (χ3v) is 3.31. The van der Waals surface area contributed by atoms with E-state index in [1.807, 2.05) is 38.4 Å². The van der Waals surface area contributed by atoms with E-state index in [-0.39, 0.29) is 6.04 Å². The Labute approximate surface area is 122 Å². The second kappa shape index (κ2) is 6.68. The van der Waals surface area contributed by atoms with Crippen LogP contribution in [0.2, 0.25) is 0 Å². The molecule has 0 fully saturated rings. The minimum Gasteiger partial charge on any atom is -0.494 e. The monoisotopic (exact) mass is 320 g/mol. The van der Waals surface area contributed by atoms with Gasteiger partial charge in [-0.2, -0.15) is 0 Å². The number of para-hydroxylation sites is 1. The first kappa shape index (κ1) is 14.0. The van der Waals surface area contributed by atoms with E-state index in [2.05, 4.69) is 38.4 Å². The normalized spacial score (nSPS) is 12.2. The molecule has 0 aliphatic rings. The molecule has 2 rings (SSSR count). The number of hydrogen-bond acceptors (Lipinski definition) is 3. The molecule has 19 heavy (non-hydrogen) atoms. The van der Waals surface area contributed by atoms with Crippen LogP contribution in [0.4, 0.5) is 0 Å². The summed E-state index contributed by atoms with van der Waals surface area (Å²) in [7, 11) is 1.94. The zero-order valence-electron chi connectivity index (χ0n) is 11.1. The summed E-state index contributed by atoms with van der Waals surface area (Å²) in [5, 5.41) is 3.32. The van der Waals surface area contributed by atoms with E-state index in [0.29, 0.717) is 6.61 Å². The summed E-state index contributed by atoms with van der Waals surface area (Å²) in [5.41, 5.74) is 2.22. The zero-order valence-corrected chi connectivity index (χ0v) is 12.6. The quantitative estimate of drug-likeness (QED) is 0.914. The lowest BCUT2D eigenvalue weighted by Gasteiger charge is -2.20. The molecule has 3 nitrogen and oxygen atoms in total. The number of rotatable bonds is 5. The van der Waals surface area contributed by atoms with Crippen molar-refractivity contribution in [3.8, 4) is 5.75 Å². The maximum atomic E-state index is 5.70. The highest BCUT2D eigenvalue weighted by Gasteiger charge is 2.16. The fraction of sp³-hybridized carbons (Fsp3) is 0.267. The van der Waals surface area contributed by atoms with Crippen LogP contribution in [0.1, 0.15) is 24.1 Å².